The van der Waals surface area contributed by atoms with Gasteiger partial charge in [0, 0.05) is 34.8 Å². The van der Waals surface area contributed by atoms with E-state index in [0.29, 0.717) is 18.1 Å². The highest BCUT2D eigenvalue weighted by molar-refractivity contribution is 7.98. The van der Waals surface area contributed by atoms with Gasteiger partial charge in [-0.2, -0.15) is 0 Å². The molecule has 4 nitrogen and oxygen atoms in total. The molecule has 2 aromatic rings. The van der Waals surface area contributed by atoms with Gasteiger partial charge in [0.15, 0.2) is 0 Å². The predicted molar refractivity (Wildman–Crippen MR) is 149 cm³/mol. The summed E-state index contributed by atoms with van der Waals surface area (Å²) in [5.74, 6) is 3.15. The van der Waals surface area contributed by atoms with Crippen LogP contribution in [0.4, 0.5) is 5.69 Å². The normalized spacial score (nSPS) is 29.1. The maximum atomic E-state index is 13.0. The maximum absolute atomic E-state index is 13.0. The van der Waals surface area contributed by atoms with Crippen molar-refractivity contribution < 1.29 is 9.53 Å². The molecule has 0 saturated heterocycles. The van der Waals surface area contributed by atoms with E-state index in [4.69, 9.17) is 16.3 Å². The van der Waals surface area contributed by atoms with E-state index in [1.54, 1.807) is 0 Å². The lowest BCUT2D eigenvalue weighted by atomic mass is 9.68. The molecule has 2 aliphatic heterocycles. The predicted octanol–water partition coefficient (Wildman–Crippen LogP) is 6.96. The molecule has 3 atom stereocenters. The van der Waals surface area contributed by atoms with Gasteiger partial charge in [0.05, 0.1) is 12.3 Å². The molecule has 0 unspecified atom stereocenters. The number of aryl methyl sites for hydroxylation is 1. The lowest BCUT2D eigenvalue weighted by Gasteiger charge is -2.44. The lowest BCUT2D eigenvalue weighted by Crippen LogP contribution is -2.48. The molecule has 0 aromatic heterocycles. The third-order valence-electron chi connectivity index (χ3n) is 8.79. The maximum Gasteiger partial charge on any atom is 0.261 e. The summed E-state index contributed by atoms with van der Waals surface area (Å²) in [6, 6.07) is 12.4. The number of fused-ring (bicyclic) bond motifs is 4. The summed E-state index contributed by atoms with van der Waals surface area (Å²) in [6.45, 7) is 2.61. The van der Waals surface area contributed by atoms with Crippen molar-refractivity contribution in [3.63, 3.8) is 0 Å². The van der Waals surface area contributed by atoms with Crippen LogP contribution in [-0.2, 0) is 11.8 Å². The van der Waals surface area contributed by atoms with E-state index >= 15 is 0 Å². The van der Waals surface area contributed by atoms with Crippen LogP contribution in [0.3, 0.4) is 0 Å². The van der Waals surface area contributed by atoms with Crippen LogP contribution in [0.5, 0.6) is 5.75 Å². The fraction of sp³-hybridized carbons (Fsp3) is 0.500. The number of carbonyl (C=O) groups excluding carboxylic acids is 1. The van der Waals surface area contributed by atoms with E-state index in [-0.39, 0.29) is 11.3 Å². The fourth-order valence-corrected chi connectivity index (χ4v) is 7.45. The first-order valence-corrected chi connectivity index (χ1v) is 14.9. The minimum atomic E-state index is -0.0691. The number of hydrogen-bond donors (Lipinski definition) is 1. The van der Waals surface area contributed by atoms with Gasteiger partial charge in [-0.1, -0.05) is 29.8 Å². The summed E-state index contributed by atoms with van der Waals surface area (Å²) in [5.41, 5.74) is 4.46. The number of nitrogens with zero attached hydrogens (tertiary/aromatic N) is 1. The Labute approximate surface area is 223 Å². The number of rotatable bonds is 0. The molecular weight excluding hydrogens is 488 g/mol. The molecule has 1 amide bonds. The van der Waals surface area contributed by atoms with Crippen LogP contribution in [-0.4, -0.2) is 31.4 Å². The van der Waals surface area contributed by atoms with Crippen molar-refractivity contribution in [1.82, 2.24) is 4.72 Å². The first-order valence-electron chi connectivity index (χ1n) is 13.5. The first-order chi connectivity index (χ1) is 17.6. The van der Waals surface area contributed by atoms with Gasteiger partial charge < -0.3 is 9.64 Å². The van der Waals surface area contributed by atoms with Crippen molar-refractivity contribution in [1.29, 1.82) is 0 Å². The smallest absolute Gasteiger partial charge is 0.261 e. The Balaban J connectivity index is 1.38. The molecule has 1 spiro atoms. The molecule has 0 radical (unpaired) electrons. The van der Waals surface area contributed by atoms with Crippen molar-refractivity contribution in [3.05, 3.63) is 70.3 Å². The topological polar surface area (TPSA) is 41.6 Å². The second-order valence-electron chi connectivity index (χ2n) is 11.0. The highest BCUT2D eigenvalue weighted by Gasteiger charge is 2.43. The molecule has 1 fully saturated rings. The zero-order valence-electron chi connectivity index (χ0n) is 20.8. The van der Waals surface area contributed by atoms with Crippen LogP contribution in [0.25, 0.3) is 0 Å². The molecule has 190 valence electrons. The zero-order valence-corrected chi connectivity index (χ0v) is 22.4. The largest absolute Gasteiger partial charge is 0.490 e. The molecule has 36 heavy (non-hydrogen) atoms. The number of benzene rings is 2. The SMILES string of the molecule is O=C1NSC/C=C\CCC[C@@H]2CC[C@H]2CN2C[C@@]3(CCCc4cc(Cl)ccc43)COc3ccc1cc32. The molecule has 6 rings (SSSR count). The minimum absolute atomic E-state index is 0.0404. The van der Waals surface area contributed by atoms with E-state index in [1.807, 2.05) is 18.2 Å². The van der Waals surface area contributed by atoms with E-state index in [0.717, 1.165) is 66.9 Å². The van der Waals surface area contributed by atoms with Crippen LogP contribution in [0.1, 0.15) is 66.4 Å². The highest BCUT2D eigenvalue weighted by Crippen LogP contribution is 2.46. The van der Waals surface area contributed by atoms with Gasteiger partial charge in [-0.3, -0.25) is 9.52 Å². The van der Waals surface area contributed by atoms with Crippen LogP contribution >= 0.6 is 23.5 Å². The Morgan fingerprint density at radius 2 is 1.97 bits per heavy atom. The molecule has 6 heteroatoms. The Hall–Kier alpha value is -2.11. The Morgan fingerprint density at radius 1 is 1.06 bits per heavy atom. The second-order valence-corrected chi connectivity index (χ2v) is 12.3. The van der Waals surface area contributed by atoms with E-state index in [9.17, 15) is 4.79 Å². The summed E-state index contributed by atoms with van der Waals surface area (Å²) in [4.78, 5) is 15.5. The van der Waals surface area contributed by atoms with Crippen molar-refractivity contribution >= 4 is 35.1 Å². The third-order valence-corrected chi connectivity index (χ3v) is 9.71. The van der Waals surface area contributed by atoms with Gasteiger partial charge in [0.25, 0.3) is 5.91 Å². The summed E-state index contributed by atoms with van der Waals surface area (Å²) in [5, 5.41) is 0.814. The van der Waals surface area contributed by atoms with Crippen molar-refractivity contribution in [2.45, 2.75) is 56.8 Å². The average molecular weight is 523 g/mol. The second kappa shape index (κ2) is 10.3. The minimum Gasteiger partial charge on any atom is -0.490 e. The number of nitrogens with one attached hydrogen (secondary N) is 1. The van der Waals surface area contributed by atoms with Crippen molar-refractivity contribution in [3.8, 4) is 5.75 Å². The molecule has 2 bridgehead atoms. The van der Waals surface area contributed by atoms with Gasteiger partial charge in [0.1, 0.15) is 5.75 Å². The number of anilines is 1. The Bertz CT molecular complexity index is 1170. The monoisotopic (exact) mass is 522 g/mol. The van der Waals surface area contributed by atoms with Gasteiger partial charge in [0.2, 0.25) is 0 Å². The summed E-state index contributed by atoms with van der Waals surface area (Å²) in [7, 11) is 0. The Kier molecular flexibility index (Phi) is 6.96. The molecule has 4 aliphatic rings. The quantitative estimate of drug-likeness (QED) is 0.300. The Morgan fingerprint density at radius 3 is 2.86 bits per heavy atom. The number of carbonyl (C=O) groups is 1. The standard InChI is InChI=1S/C30H35ClN2O2S/c31-25-11-12-26-22(16-25)7-5-14-30(26)19-33-18-24-9-8-21(24)6-3-1-2-4-15-36-32-29(34)23-10-13-28(35-20-30)27(33)17-23/h2,4,10-13,16-17,21,24H,1,3,5-9,14-15,18-20H2,(H,32,34)/b4-2-/t21-,24+,30+/m1/s1. The van der Waals surface area contributed by atoms with E-state index < -0.39 is 0 Å². The van der Waals surface area contributed by atoms with Crippen LogP contribution in [0, 0.1) is 11.8 Å². The number of hydrogen-bond acceptors (Lipinski definition) is 4. The third kappa shape index (κ3) is 4.77. The summed E-state index contributed by atoms with van der Waals surface area (Å²) >= 11 is 7.85. The average Bonchev–Trinajstić information content (AvgIpc) is 3.02. The molecule has 1 N–H and O–H groups in total. The first kappa shape index (κ1) is 24.2. The van der Waals surface area contributed by atoms with Gasteiger partial charge in [-0.25, -0.2) is 0 Å². The van der Waals surface area contributed by atoms with Gasteiger partial charge >= 0.3 is 0 Å². The van der Waals surface area contributed by atoms with Crippen molar-refractivity contribution in [2.24, 2.45) is 11.8 Å². The van der Waals surface area contributed by atoms with E-state index in [2.05, 4.69) is 40.0 Å². The van der Waals surface area contributed by atoms with Crippen molar-refractivity contribution in [2.75, 3.05) is 30.3 Å². The molecule has 2 aromatic carbocycles. The molecule has 2 heterocycles. The molecule has 2 aliphatic carbocycles. The number of amides is 1. The van der Waals surface area contributed by atoms with Crippen LogP contribution in [0.15, 0.2) is 48.6 Å². The molecule has 1 saturated carbocycles. The van der Waals surface area contributed by atoms with Crippen LogP contribution < -0.4 is 14.4 Å². The fourth-order valence-electron chi connectivity index (χ4n) is 6.69. The van der Waals surface area contributed by atoms with E-state index in [1.165, 1.54) is 48.8 Å². The number of ether oxygens (including phenoxy) is 1. The number of halogens is 1. The summed E-state index contributed by atoms with van der Waals surface area (Å²) < 4.78 is 9.60. The van der Waals surface area contributed by atoms with Crippen LogP contribution in [0.2, 0.25) is 5.02 Å². The van der Waals surface area contributed by atoms with Gasteiger partial charge in [-0.15, -0.1) is 0 Å². The summed E-state index contributed by atoms with van der Waals surface area (Å²) in [6.07, 6.45) is 14.1. The number of allylic oxidation sites excluding steroid dienone is 1. The van der Waals surface area contributed by atoms with Gasteiger partial charge in [-0.05, 0) is 117 Å². The zero-order chi connectivity index (χ0) is 24.5. The highest BCUT2D eigenvalue weighted by atomic mass is 35.5. The lowest BCUT2D eigenvalue weighted by molar-refractivity contribution is 0.0984. The molecular formula is C30H35ClN2O2S.